The molecule has 14 heteroatoms. The molecule has 2 amide bonds. The minimum atomic E-state index is -0.803. The summed E-state index contributed by atoms with van der Waals surface area (Å²) in [5, 5.41) is 41.2. The topological polar surface area (TPSA) is 200 Å². The van der Waals surface area contributed by atoms with Gasteiger partial charge in [0.15, 0.2) is 0 Å². The van der Waals surface area contributed by atoms with Crippen molar-refractivity contribution in [3.63, 3.8) is 0 Å². The van der Waals surface area contributed by atoms with Gasteiger partial charge in [-0.25, -0.2) is 0 Å². The fourth-order valence-electron chi connectivity index (χ4n) is 3.28. The largest absolute Gasteiger partial charge is 0.354 e. The third-order valence-corrected chi connectivity index (χ3v) is 4.89. The van der Waals surface area contributed by atoms with Crippen molar-refractivity contribution in [2.24, 2.45) is 0 Å². The van der Waals surface area contributed by atoms with E-state index in [1.54, 1.807) is 0 Å². The monoisotopic (exact) mass is 464 g/mol. The van der Waals surface area contributed by atoms with Gasteiger partial charge in [0.25, 0.3) is 28.9 Å². The molecule has 34 heavy (non-hydrogen) atoms. The maximum atomic E-state index is 12.1. The van der Waals surface area contributed by atoms with Gasteiger partial charge in [0, 0.05) is 23.9 Å². The number of hydrogen-bond donors (Lipinski definition) is 3. The van der Waals surface area contributed by atoms with Crippen molar-refractivity contribution >= 4 is 51.6 Å². The molecule has 0 aliphatic carbocycles. The molecule has 14 nitrogen and oxygen atoms in total. The number of hydrogen-bond acceptors (Lipinski definition) is 10. The van der Waals surface area contributed by atoms with E-state index in [0.29, 0.717) is 5.69 Å². The fraction of sp³-hybridized carbons (Fsp3) is 0. The van der Waals surface area contributed by atoms with Crippen LogP contribution in [0.15, 0.2) is 54.6 Å². The average molecular weight is 464 g/mol. The van der Waals surface area contributed by atoms with Gasteiger partial charge in [-0.05, 0) is 30.3 Å². The Morgan fingerprint density at radius 1 is 0.618 bits per heavy atom. The van der Waals surface area contributed by atoms with Gasteiger partial charge in [-0.15, -0.1) is 0 Å². The van der Waals surface area contributed by atoms with E-state index in [9.17, 15) is 39.9 Å². The molecule has 3 aromatic rings. The maximum absolute atomic E-state index is 12.1. The molecule has 170 valence electrons. The summed E-state index contributed by atoms with van der Waals surface area (Å²) in [7, 11) is 0. The zero-order chi connectivity index (χ0) is 24.6. The van der Waals surface area contributed by atoms with Gasteiger partial charge in [0.1, 0.15) is 5.69 Å². The summed E-state index contributed by atoms with van der Waals surface area (Å²) in [5.74, 6) is -1.30. The molecule has 0 bridgehead atoms. The summed E-state index contributed by atoms with van der Waals surface area (Å²) >= 11 is 0. The number of carbonyl (C=O) groups excluding carboxylic acids is 2. The summed E-state index contributed by atoms with van der Waals surface area (Å²) in [6, 6.07) is 11.0. The highest BCUT2D eigenvalue weighted by Crippen LogP contribution is 2.37. The standard InChI is InChI=1S/C20H12N6O8/c27-19-13-8-16(21-10-1-3-11(4-2-10)24(29)30)17(9-14(13)20(28)23-19)22-15-6-5-12(25(31)32)7-18(15)26(33)34/h1-9,21-22H,(H,23,27,28). The lowest BCUT2D eigenvalue weighted by Crippen LogP contribution is -2.19. The Morgan fingerprint density at radius 2 is 1.15 bits per heavy atom. The van der Waals surface area contributed by atoms with Crippen molar-refractivity contribution in [2.45, 2.75) is 0 Å². The van der Waals surface area contributed by atoms with Crippen LogP contribution in [0.3, 0.4) is 0 Å². The highest BCUT2D eigenvalue weighted by atomic mass is 16.6. The molecule has 3 aromatic carbocycles. The van der Waals surface area contributed by atoms with Crippen LogP contribution in [-0.4, -0.2) is 26.6 Å². The molecule has 0 spiro atoms. The fourth-order valence-corrected chi connectivity index (χ4v) is 3.28. The number of fused-ring (bicyclic) bond motifs is 1. The number of rotatable bonds is 7. The van der Waals surface area contributed by atoms with Gasteiger partial charge in [0.05, 0.1) is 43.3 Å². The number of nitrogens with zero attached hydrogens (tertiary/aromatic N) is 3. The first-order valence-electron chi connectivity index (χ1n) is 9.39. The zero-order valence-electron chi connectivity index (χ0n) is 16.8. The summed E-state index contributed by atoms with van der Waals surface area (Å²) < 4.78 is 0. The highest BCUT2D eigenvalue weighted by molar-refractivity contribution is 6.22. The number of anilines is 4. The predicted molar refractivity (Wildman–Crippen MR) is 118 cm³/mol. The average Bonchev–Trinajstić information content (AvgIpc) is 3.06. The molecule has 0 radical (unpaired) electrons. The molecular formula is C20H12N6O8. The molecule has 4 rings (SSSR count). The van der Waals surface area contributed by atoms with Crippen molar-refractivity contribution < 1.29 is 24.4 Å². The number of nitro benzene ring substituents is 3. The number of non-ortho nitro benzene ring substituents is 2. The Labute approximate surface area is 188 Å². The third kappa shape index (κ3) is 4.05. The number of carbonyl (C=O) groups is 2. The first-order chi connectivity index (χ1) is 16.1. The first-order valence-corrected chi connectivity index (χ1v) is 9.39. The van der Waals surface area contributed by atoms with E-state index in [1.165, 1.54) is 36.4 Å². The van der Waals surface area contributed by atoms with Gasteiger partial charge in [-0.2, -0.15) is 0 Å². The lowest BCUT2D eigenvalue weighted by atomic mass is 10.1. The zero-order valence-corrected chi connectivity index (χ0v) is 16.8. The first kappa shape index (κ1) is 21.8. The Morgan fingerprint density at radius 3 is 1.68 bits per heavy atom. The number of nitrogens with one attached hydrogen (secondary N) is 3. The van der Waals surface area contributed by atoms with Gasteiger partial charge in [0.2, 0.25) is 0 Å². The summed E-state index contributed by atoms with van der Waals surface area (Å²) in [6.45, 7) is 0. The van der Waals surface area contributed by atoms with Crippen molar-refractivity contribution in [1.29, 1.82) is 0 Å². The Kier molecular flexibility index (Phi) is 5.31. The summed E-state index contributed by atoms with van der Waals surface area (Å²) in [4.78, 5) is 55.4. The van der Waals surface area contributed by atoms with Crippen LogP contribution in [0.5, 0.6) is 0 Å². The van der Waals surface area contributed by atoms with Crippen molar-refractivity contribution in [2.75, 3.05) is 10.6 Å². The molecule has 1 heterocycles. The lowest BCUT2D eigenvalue weighted by Gasteiger charge is -2.15. The molecule has 0 saturated carbocycles. The van der Waals surface area contributed by atoms with Crippen LogP contribution < -0.4 is 16.0 Å². The minimum absolute atomic E-state index is 0.0197. The summed E-state index contributed by atoms with van der Waals surface area (Å²) in [5.41, 5.74) is -0.515. The third-order valence-electron chi connectivity index (χ3n) is 4.89. The lowest BCUT2D eigenvalue weighted by molar-refractivity contribution is -0.393. The van der Waals surface area contributed by atoms with Crippen LogP contribution in [-0.2, 0) is 0 Å². The molecular weight excluding hydrogens is 452 g/mol. The van der Waals surface area contributed by atoms with E-state index < -0.39 is 38.0 Å². The quantitative estimate of drug-likeness (QED) is 0.262. The van der Waals surface area contributed by atoms with Gasteiger partial charge >= 0.3 is 0 Å². The smallest absolute Gasteiger partial charge is 0.299 e. The van der Waals surface area contributed by atoms with Crippen LogP contribution in [0.1, 0.15) is 20.7 Å². The minimum Gasteiger partial charge on any atom is -0.354 e. The molecule has 0 atom stereocenters. The second-order valence-corrected chi connectivity index (χ2v) is 7.00. The van der Waals surface area contributed by atoms with Crippen LogP contribution in [0.4, 0.5) is 39.8 Å². The van der Waals surface area contributed by atoms with Crippen molar-refractivity contribution in [3.8, 4) is 0 Å². The van der Waals surface area contributed by atoms with E-state index in [-0.39, 0.29) is 33.9 Å². The van der Waals surface area contributed by atoms with Crippen LogP contribution in [0, 0.1) is 30.3 Å². The molecule has 3 N–H and O–H groups in total. The predicted octanol–water partition coefficient (Wildman–Crippen LogP) is 3.78. The Balaban J connectivity index is 1.79. The van der Waals surface area contributed by atoms with Crippen LogP contribution >= 0.6 is 0 Å². The highest BCUT2D eigenvalue weighted by Gasteiger charge is 2.29. The molecule has 0 aromatic heterocycles. The number of amides is 2. The van der Waals surface area contributed by atoms with Crippen LogP contribution in [0.2, 0.25) is 0 Å². The Hall–Kier alpha value is -5.40. The van der Waals surface area contributed by atoms with Crippen molar-refractivity contribution in [1.82, 2.24) is 5.32 Å². The van der Waals surface area contributed by atoms with Crippen LogP contribution in [0.25, 0.3) is 0 Å². The second kappa shape index (κ2) is 8.27. The van der Waals surface area contributed by atoms with Gasteiger partial charge in [-0.1, -0.05) is 0 Å². The van der Waals surface area contributed by atoms with E-state index in [4.69, 9.17) is 0 Å². The van der Waals surface area contributed by atoms with Gasteiger partial charge < -0.3 is 10.6 Å². The van der Waals surface area contributed by atoms with E-state index in [0.717, 1.165) is 18.2 Å². The van der Waals surface area contributed by atoms with E-state index in [1.807, 2.05) is 0 Å². The molecule has 1 aliphatic heterocycles. The normalized spacial score (nSPS) is 12.0. The molecule has 1 aliphatic rings. The maximum Gasteiger partial charge on any atom is 0.299 e. The molecule has 0 fully saturated rings. The molecule has 0 saturated heterocycles. The number of imide groups is 1. The summed E-state index contributed by atoms with van der Waals surface area (Å²) in [6.07, 6.45) is 0. The van der Waals surface area contributed by atoms with Gasteiger partial charge in [-0.3, -0.25) is 45.2 Å². The van der Waals surface area contributed by atoms with E-state index >= 15 is 0 Å². The number of nitro groups is 3. The molecule has 0 unspecified atom stereocenters. The Bertz CT molecular complexity index is 1400. The SMILES string of the molecule is O=C1NC(=O)c2cc(Nc3ccc([N+](=O)[O-])cc3[N+](=O)[O-])c(Nc3ccc([N+](=O)[O-])cc3)cc21. The number of benzene rings is 3. The van der Waals surface area contributed by atoms with E-state index in [2.05, 4.69) is 16.0 Å². The van der Waals surface area contributed by atoms with Crippen molar-refractivity contribution in [3.05, 3.63) is 96.1 Å². The second-order valence-electron chi connectivity index (χ2n) is 7.00.